The second kappa shape index (κ2) is 7.40. The molecular formula is C22H26N2O. The van der Waals surface area contributed by atoms with Crippen LogP contribution in [0.4, 0.5) is 0 Å². The molecule has 0 aliphatic carbocycles. The molecule has 0 aromatic heterocycles. The largest absolute Gasteiger partial charge is 0.334 e. The van der Waals surface area contributed by atoms with Crippen LogP contribution in [0.2, 0.25) is 0 Å². The first-order valence-electron chi connectivity index (χ1n) is 9.47. The van der Waals surface area contributed by atoms with Crippen LogP contribution in [0, 0.1) is 0 Å². The number of carbonyl (C=O) groups excluding carboxylic acids is 1. The Labute approximate surface area is 150 Å². The Morgan fingerprint density at radius 1 is 0.840 bits per heavy atom. The van der Waals surface area contributed by atoms with Gasteiger partial charge in [-0.3, -0.25) is 9.69 Å². The molecule has 2 heterocycles. The van der Waals surface area contributed by atoms with Gasteiger partial charge >= 0.3 is 0 Å². The van der Waals surface area contributed by atoms with E-state index in [1.54, 1.807) is 0 Å². The number of rotatable bonds is 3. The maximum atomic E-state index is 12.9. The van der Waals surface area contributed by atoms with Crippen LogP contribution in [0.15, 0.2) is 48.5 Å². The van der Waals surface area contributed by atoms with E-state index in [4.69, 9.17) is 0 Å². The standard InChI is InChI=1S/C22H26N2O/c25-22(24-15-5-8-19-6-1-2-7-21(19)17-24)20-11-9-18(10-12-20)16-23-13-3-4-14-23/h1-2,6-7,9-12H,3-5,8,13-17H2. The maximum Gasteiger partial charge on any atom is 0.254 e. The van der Waals surface area contributed by atoms with E-state index in [0.717, 1.165) is 38.0 Å². The van der Waals surface area contributed by atoms with Gasteiger partial charge in [0, 0.05) is 25.2 Å². The van der Waals surface area contributed by atoms with E-state index in [1.165, 1.54) is 42.6 Å². The summed E-state index contributed by atoms with van der Waals surface area (Å²) in [5, 5.41) is 0. The van der Waals surface area contributed by atoms with Crippen molar-refractivity contribution in [3.63, 3.8) is 0 Å². The lowest BCUT2D eigenvalue weighted by molar-refractivity contribution is 0.0746. The number of aryl methyl sites for hydroxylation is 1. The second-order valence-corrected chi connectivity index (χ2v) is 7.28. The average molecular weight is 334 g/mol. The summed E-state index contributed by atoms with van der Waals surface area (Å²) in [6, 6.07) is 16.8. The lowest BCUT2D eigenvalue weighted by Crippen LogP contribution is -2.30. The molecule has 0 atom stereocenters. The molecular weight excluding hydrogens is 308 g/mol. The van der Waals surface area contributed by atoms with E-state index in [-0.39, 0.29) is 5.91 Å². The quantitative estimate of drug-likeness (QED) is 0.851. The third kappa shape index (κ3) is 3.77. The van der Waals surface area contributed by atoms with Crippen molar-refractivity contribution in [1.29, 1.82) is 0 Å². The van der Waals surface area contributed by atoms with Gasteiger partial charge in [0.15, 0.2) is 0 Å². The Kier molecular flexibility index (Phi) is 4.84. The fraction of sp³-hybridized carbons (Fsp3) is 0.409. The van der Waals surface area contributed by atoms with Crippen LogP contribution in [0.3, 0.4) is 0 Å². The van der Waals surface area contributed by atoms with Gasteiger partial charge in [0.05, 0.1) is 0 Å². The van der Waals surface area contributed by atoms with Crippen molar-refractivity contribution >= 4 is 5.91 Å². The number of carbonyl (C=O) groups is 1. The van der Waals surface area contributed by atoms with Crippen molar-refractivity contribution in [3.8, 4) is 0 Å². The van der Waals surface area contributed by atoms with Gasteiger partial charge in [-0.15, -0.1) is 0 Å². The van der Waals surface area contributed by atoms with E-state index in [1.807, 2.05) is 17.0 Å². The molecule has 1 amide bonds. The highest BCUT2D eigenvalue weighted by atomic mass is 16.2. The van der Waals surface area contributed by atoms with Gasteiger partial charge in [0.1, 0.15) is 0 Å². The van der Waals surface area contributed by atoms with E-state index in [0.29, 0.717) is 0 Å². The summed E-state index contributed by atoms with van der Waals surface area (Å²) in [5.74, 6) is 0.157. The summed E-state index contributed by atoms with van der Waals surface area (Å²) in [7, 11) is 0. The summed E-state index contributed by atoms with van der Waals surface area (Å²) in [6.45, 7) is 4.97. The third-order valence-electron chi connectivity index (χ3n) is 5.45. The first-order chi connectivity index (χ1) is 12.3. The van der Waals surface area contributed by atoms with Gasteiger partial charge in [0.25, 0.3) is 5.91 Å². The number of fused-ring (bicyclic) bond motifs is 1. The normalized spacial score (nSPS) is 18.0. The molecule has 2 aliphatic heterocycles. The van der Waals surface area contributed by atoms with Crippen LogP contribution in [0.25, 0.3) is 0 Å². The molecule has 0 saturated carbocycles. The molecule has 0 spiro atoms. The van der Waals surface area contributed by atoms with Crippen molar-refractivity contribution in [3.05, 3.63) is 70.8 Å². The number of hydrogen-bond donors (Lipinski definition) is 0. The molecule has 2 aliphatic rings. The molecule has 0 bridgehead atoms. The van der Waals surface area contributed by atoms with Gasteiger partial charge in [-0.05, 0) is 67.6 Å². The summed E-state index contributed by atoms with van der Waals surface area (Å²) in [4.78, 5) is 17.4. The summed E-state index contributed by atoms with van der Waals surface area (Å²) >= 11 is 0. The van der Waals surface area contributed by atoms with Crippen LogP contribution in [0.1, 0.15) is 46.3 Å². The molecule has 3 nitrogen and oxygen atoms in total. The monoisotopic (exact) mass is 334 g/mol. The van der Waals surface area contributed by atoms with Crippen LogP contribution >= 0.6 is 0 Å². The molecule has 3 heteroatoms. The molecule has 25 heavy (non-hydrogen) atoms. The molecule has 1 fully saturated rings. The Morgan fingerprint density at radius 3 is 2.32 bits per heavy atom. The fourth-order valence-corrected chi connectivity index (χ4v) is 4.01. The van der Waals surface area contributed by atoms with Crippen LogP contribution < -0.4 is 0 Å². The Balaban J connectivity index is 1.45. The SMILES string of the molecule is O=C(c1ccc(CN2CCCC2)cc1)N1CCCc2ccccc2C1. The average Bonchev–Trinajstić information content (AvgIpc) is 3.05. The van der Waals surface area contributed by atoms with Gasteiger partial charge in [-0.25, -0.2) is 0 Å². The Morgan fingerprint density at radius 2 is 1.56 bits per heavy atom. The van der Waals surface area contributed by atoms with Crippen LogP contribution in [-0.4, -0.2) is 35.3 Å². The minimum atomic E-state index is 0.157. The lowest BCUT2D eigenvalue weighted by Gasteiger charge is -2.21. The van der Waals surface area contributed by atoms with Gasteiger partial charge in [-0.1, -0.05) is 36.4 Å². The number of likely N-dealkylation sites (tertiary alicyclic amines) is 1. The smallest absolute Gasteiger partial charge is 0.254 e. The molecule has 2 aromatic rings. The first-order valence-corrected chi connectivity index (χ1v) is 9.47. The van der Waals surface area contributed by atoms with Crippen molar-refractivity contribution in [2.45, 2.75) is 38.8 Å². The summed E-state index contributed by atoms with van der Waals surface area (Å²) < 4.78 is 0. The highest BCUT2D eigenvalue weighted by molar-refractivity contribution is 5.94. The highest BCUT2D eigenvalue weighted by Gasteiger charge is 2.20. The zero-order valence-electron chi connectivity index (χ0n) is 14.8. The zero-order chi connectivity index (χ0) is 17.1. The second-order valence-electron chi connectivity index (χ2n) is 7.28. The molecule has 0 radical (unpaired) electrons. The third-order valence-corrected chi connectivity index (χ3v) is 5.45. The van der Waals surface area contributed by atoms with Gasteiger partial charge in [0.2, 0.25) is 0 Å². The molecule has 130 valence electrons. The summed E-state index contributed by atoms with van der Waals surface area (Å²) in [5.41, 5.74) is 4.79. The van der Waals surface area contributed by atoms with E-state index < -0.39 is 0 Å². The Bertz CT molecular complexity index is 732. The van der Waals surface area contributed by atoms with E-state index >= 15 is 0 Å². The van der Waals surface area contributed by atoms with Gasteiger partial charge < -0.3 is 4.90 Å². The highest BCUT2D eigenvalue weighted by Crippen LogP contribution is 2.20. The lowest BCUT2D eigenvalue weighted by atomic mass is 10.0. The summed E-state index contributed by atoms with van der Waals surface area (Å²) in [6.07, 6.45) is 4.73. The minimum Gasteiger partial charge on any atom is -0.334 e. The van der Waals surface area contributed by atoms with Crippen LogP contribution in [0.5, 0.6) is 0 Å². The van der Waals surface area contributed by atoms with Gasteiger partial charge in [-0.2, -0.15) is 0 Å². The zero-order valence-corrected chi connectivity index (χ0v) is 14.8. The van der Waals surface area contributed by atoms with Crippen molar-refractivity contribution in [2.24, 2.45) is 0 Å². The number of nitrogens with zero attached hydrogens (tertiary/aromatic N) is 2. The molecule has 1 saturated heterocycles. The minimum absolute atomic E-state index is 0.157. The molecule has 4 rings (SSSR count). The molecule has 0 N–H and O–H groups in total. The maximum absolute atomic E-state index is 12.9. The number of benzene rings is 2. The molecule has 0 unspecified atom stereocenters. The van der Waals surface area contributed by atoms with Crippen molar-refractivity contribution in [2.75, 3.05) is 19.6 Å². The van der Waals surface area contributed by atoms with E-state index in [2.05, 4.69) is 41.3 Å². The Hall–Kier alpha value is -2.13. The number of amides is 1. The van der Waals surface area contributed by atoms with Crippen LogP contribution in [-0.2, 0) is 19.5 Å². The topological polar surface area (TPSA) is 23.6 Å². The van der Waals surface area contributed by atoms with Crippen molar-refractivity contribution in [1.82, 2.24) is 9.80 Å². The first kappa shape index (κ1) is 16.3. The van der Waals surface area contributed by atoms with Crippen molar-refractivity contribution < 1.29 is 4.79 Å². The fourth-order valence-electron chi connectivity index (χ4n) is 4.01. The predicted molar refractivity (Wildman–Crippen MR) is 100 cm³/mol. The van der Waals surface area contributed by atoms with E-state index in [9.17, 15) is 4.79 Å². The molecule has 2 aromatic carbocycles. The predicted octanol–water partition coefficient (Wildman–Crippen LogP) is 3.87. The number of hydrogen-bond acceptors (Lipinski definition) is 2.